The molecule has 1 aliphatic heterocycles. The van der Waals surface area contributed by atoms with Gasteiger partial charge in [0.05, 0.1) is 19.2 Å². The maximum atomic E-state index is 12.2. The fourth-order valence-electron chi connectivity index (χ4n) is 2.96. The van der Waals surface area contributed by atoms with E-state index >= 15 is 0 Å². The molecule has 5 nitrogen and oxygen atoms in total. The topological polar surface area (TPSA) is 68.4 Å². The van der Waals surface area contributed by atoms with E-state index in [0.717, 1.165) is 42.4 Å². The van der Waals surface area contributed by atoms with Crippen molar-refractivity contribution in [1.29, 1.82) is 0 Å². The molecule has 0 spiro atoms. The molecule has 1 atom stereocenters. The lowest BCUT2D eigenvalue weighted by Crippen LogP contribution is -2.49. The first-order valence-electron chi connectivity index (χ1n) is 7.50. The third kappa shape index (κ3) is 3.03. The number of fused-ring (bicyclic) bond motifs is 1. The summed E-state index contributed by atoms with van der Waals surface area (Å²) in [5.41, 5.74) is 2.06. The monoisotopic (exact) mass is 287 g/mol. The number of hydrogen-bond acceptors (Lipinski definition) is 2. The minimum atomic E-state index is -0.0904. The second-order valence-corrected chi connectivity index (χ2v) is 5.57. The number of benzene rings is 1. The lowest BCUT2D eigenvalue weighted by molar-refractivity contribution is 0.108. The minimum absolute atomic E-state index is 0.0403. The first-order valence-corrected chi connectivity index (χ1v) is 7.50. The second-order valence-electron chi connectivity index (χ2n) is 5.57. The van der Waals surface area contributed by atoms with Crippen molar-refractivity contribution in [1.82, 2.24) is 15.2 Å². The van der Waals surface area contributed by atoms with Crippen molar-refractivity contribution in [2.75, 3.05) is 13.2 Å². The van der Waals surface area contributed by atoms with Crippen LogP contribution >= 0.6 is 0 Å². The molecule has 2 aromatic rings. The number of aliphatic hydroxyl groups is 1. The Labute approximate surface area is 124 Å². The zero-order valence-electron chi connectivity index (χ0n) is 12.0. The molecule has 0 bridgehead atoms. The molecule has 5 heteroatoms. The molecular weight excluding hydrogens is 266 g/mol. The first kappa shape index (κ1) is 13.9. The van der Waals surface area contributed by atoms with Crippen LogP contribution in [0.15, 0.2) is 30.3 Å². The van der Waals surface area contributed by atoms with Crippen molar-refractivity contribution in [3.8, 4) is 0 Å². The molecule has 0 unspecified atom stereocenters. The number of aliphatic hydroxyl groups excluding tert-OH is 1. The Hall–Kier alpha value is -2.01. The van der Waals surface area contributed by atoms with Crippen LogP contribution in [0, 0.1) is 0 Å². The third-order valence-corrected chi connectivity index (χ3v) is 4.11. The van der Waals surface area contributed by atoms with Crippen LogP contribution in [0.25, 0.3) is 10.9 Å². The molecule has 1 fully saturated rings. The number of piperidine rings is 1. The van der Waals surface area contributed by atoms with Crippen LogP contribution in [0.4, 0.5) is 4.79 Å². The maximum Gasteiger partial charge on any atom is 0.318 e. The summed E-state index contributed by atoms with van der Waals surface area (Å²) in [7, 11) is 0. The van der Waals surface area contributed by atoms with Crippen LogP contribution in [-0.2, 0) is 6.54 Å². The zero-order chi connectivity index (χ0) is 14.7. The second kappa shape index (κ2) is 6.18. The van der Waals surface area contributed by atoms with Crippen molar-refractivity contribution in [2.24, 2.45) is 0 Å². The Morgan fingerprint density at radius 3 is 3.05 bits per heavy atom. The van der Waals surface area contributed by atoms with E-state index < -0.39 is 0 Å². The fraction of sp³-hybridized carbons (Fsp3) is 0.438. The predicted octanol–water partition coefficient (Wildman–Crippen LogP) is 2.22. The Morgan fingerprint density at radius 1 is 1.38 bits per heavy atom. The number of hydrogen-bond donors (Lipinski definition) is 3. The number of amides is 2. The third-order valence-electron chi connectivity index (χ3n) is 4.11. The summed E-state index contributed by atoms with van der Waals surface area (Å²) in [6.07, 6.45) is 2.98. The molecule has 1 saturated heterocycles. The number of H-pyrrole nitrogens is 1. The van der Waals surface area contributed by atoms with Gasteiger partial charge >= 0.3 is 6.03 Å². The van der Waals surface area contributed by atoms with Gasteiger partial charge in [0.2, 0.25) is 0 Å². The molecule has 0 saturated carbocycles. The summed E-state index contributed by atoms with van der Waals surface area (Å²) < 4.78 is 0. The van der Waals surface area contributed by atoms with E-state index in [0.29, 0.717) is 6.54 Å². The van der Waals surface area contributed by atoms with Crippen molar-refractivity contribution >= 4 is 16.9 Å². The van der Waals surface area contributed by atoms with Crippen LogP contribution in [0.3, 0.4) is 0 Å². The molecule has 3 N–H and O–H groups in total. The van der Waals surface area contributed by atoms with Crippen molar-refractivity contribution in [3.05, 3.63) is 36.0 Å². The van der Waals surface area contributed by atoms with Gasteiger partial charge in [0.1, 0.15) is 0 Å². The van der Waals surface area contributed by atoms with E-state index in [9.17, 15) is 9.90 Å². The number of carbonyl (C=O) groups is 1. The SMILES string of the molecule is O=C(NCc1cc2ccccc2[nH]1)N1CCCC[C@@H]1CO. The number of para-hydroxylation sites is 1. The van der Waals surface area contributed by atoms with Gasteiger partial charge in [-0.3, -0.25) is 0 Å². The van der Waals surface area contributed by atoms with Gasteiger partial charge in [0.25, 0.3) is 0 Å². The van der Waals surface area contributed by atoms with Gasteiger partial charge in [0.15, 0.2) is 0 Å². The number of carbonyl (C=O) groups excluding carboxylic acids is 1. The molecule has 0 aliphatic carbocycles. The van der Waals surface area contributed by atoms with Gasteiger partial charge in [-0.15, -0.1) is 0 Å². The minimum Gasteiger partial charge on any atom is -0.394 e. The van der Waals surface area contributed by atoms with Gasteiger partial charge < -0.3 is 20.3 Å². The number of nitrogens with zero attached hydrogens (tertiary/aromatic N) is 1. The maximum absolute atomic E-state index is 12.2. The molecule has 1 aliphatic rings. The molecule has 2 heterocycles. The smallest absolute Gasteiger partial charge is 0.318 e. The van der Waals surface area contributed by atoms with Gasteiger partial charge in [-0.25, -0.2) is 4.79 Å². The normalized spacial score (nSPS) is 18.9. The number of nitrogens with one attached hydrogen (secondary N) is 2. The first-order chi connectivity index (χ1) is 10.3. The van der Waals surface area contributed by atoms with Crippen molar-refractivity contribution < 1.29 is 9.90 Å². The highest BCUT2D eigenvalue weighted by molar-refractivity contribution is 5.80. The highest BCUT2D eigenvalue weighted by Gasteiger charge is 2.25. The number of rotatable bonds is 3. The average Bonchev–Trinajstić information content (AvgIpc) is 2.95. The summed E-state index contributed by atoms with van der Waals surface area (Å²) in [6, 6.07) is 9.97. The van der Waals surface area contributed by atoms with Crippen LogP contribution in [0.5, 0.6) is 0 Å². The number of likely N-dealkylation sites (tertiary alicyclic amines) is 1. The van der Waals surface area contributed by atoms with E-state index in [1.54, 1.807) is 4.90 Å². The Kier molecular flexibility index (Phi) is 4.10. The van der Waals surface area contributed by atoms with E-state index in [1.165, 1.54) is 0 Å². The van der Waals surface area contributed by atoms with Gasteiger partial charge in [-0.2, -0.15) is 0 Å². The predicted molar refractivity (Wildman–Crippen MR) is 82.0 cm³/mol. The fourth-order valence-corrected chi connectivity index (χ4v) is 2.96. The standard InChI is InChI=1S/C16H21N3O2/c20-11-14-6-3-4-8-19(14)16(21)17-10-13-9-12-5-1-2-7-15(12)18-13/h1-2,5,7,9,14,18,20H,3-4,6,8,10-11H2,(H,17,21)/t14-/m1/s1. The summed E-state index contributed by atoms with van der Waals surface area (Å²) in [5, 5.41) is 13.4. The van der Waals surface area contributed by atoms with Gasteiger partial charge in [-0.05, 0) is 36.8 Å². The quantitative estimate of drug-likeness (QED) is 0.810. The van der Waals surface area contributed by atoms with E-state index in [4.69, 9.17) is 0 Å². The Balaban J connectivity index is 1.62. The van der Waals surface area contributed by atoms with Crippen molar-refractivity contribution in [2.45, 2.75) is 31.8 Å². The highest BCUT2D eigenvalue weighted by atomic mass is 16.3. The molecule has 2 amide bonds. The lowest BCUT2D eigenvalue weighted by atomic mass is 10.0. The largest absolute Gasteiger partial charge is 0.394 e. The molecule has 112 valence electrons. The van der Waals surface area contributed by atoms with Crippen LogP contribution in [0.1, 0.15) is 25.0 Å². The lowest BCUT2D eigenvalue weighted by Gasteiger charge is -2.34. The molecular formula is C16H21N3O2. The molecule has 21 heavy (non-hydrogen) atoms. The molecule has 0 radical (unpaired) electrons. The Bertz CT molecular complexity index is 590. The van der Waals surface area contributed by atoms with Crippen LogP contribution in [0.2, 0.25) is 0 Å². The van der Waals surface area contributed by atoms with Crippen LogP contribution < -0.4 is 5.32 Å². The van der Waals surface area contributed by atoms with E-state index in [-0.39, 0.29) is 18.7 Å². The number of urea groups is 1. The summed E-state index contributed by atoms with van der Waals surface area (Å²) in [4.78, 5) is 17.3. The van der Waals surface area contributed by atoms with E-state index in [2.05, 4.69) is 16.4 Å². The number of aromatic nitrogens is 1. The van der Waals surface area contributed by atoms with E-state index in [1.807, 2.05) is 24.3 Å². The highest BCUT2D eigenvalue weighted by Crippen LogP contribution is 2.17. The van der Waals surface area contributed by atoms with Crippen LogP contribution in [-0.4, -0.2) is 40.2 Å². The number of aromatic amines is 1. The molecule has 1 aromatic heterocycles. The molecule has 3 rings (SSSR count). The summed E-state index contributed by atoms with van der Waals surface area (Å²) in [6.45, 7) is 1.24. The summed E-state index contributed by atoms with van der Waals surface area (Å²) in [5.74, 6) is 0. The Morgan fingerprint density at radius 2 is 2.24 bits per heavy atom. The summed E-state index contributed by atoms with van der Waals surface area (Å²) >= 11 is 0. The molecule has 1 aromatic carbocycles. The van der Waals surface area contributed by atoms with Gasteiger partial charge in [0, 0.05) is 17.8 Å². The average molecular weight is 287 g/mol. The zero-order valence-corrected chi connectivity index (χ0v) is 12.0. The van der Waals surface area contributed by atoms with Gasteiger partial charge in [-0.1, -0.05) is 18.2 Å². The van der Waals surface area contributed by atoms with Crippen molar-refractivity contribution in [3.63, 3.8) is 0 Å².